The van der Waals surface area contributed by atoms with E-state index in [1.807, 2.05) is 0 Å². The Bertz CT molecular complexity index is 307. The quantitative estimate of drug-likeness (QED) is 0.603. The lowest BCUT2D eigenvalue weighted by atomic mass is 10.3. The molecule has 0 bridgehead atoms. The molecule has 1 rings (SSSR count). The minimum atomic E-state index is -1.19. The molecule has 0 aromatic rings. The molecule has 0 spiro atoms. The molecule has 0 aliphatic heterocycles. The van der Waals surface area contributed by atoms with E-state index >= 15 is 0 Å². The second kappa shape index (κ2) is 5.08. The van der Waals surface area contributed by atoms with Gasteiger partial charge in [-0.2, -0.15) is 0 Å². The average molecular weight is 259 g/mol. The Kier molecular flexibility index (Phi) is 4.19. The molecule has 1 fully saturated rings. The fourth-order valence-corrected chi connectivity index (χ4v) is 2.10. The molecule has 0 saturated heterocycles. The van der Waals surface area contributed by atoms with Crippen LogP contribution in [0.1, 0.15) is 12.8 Å². The van der Waals surface area contributed by atoms with Crippen molar-refractivity contribution in [3.8, 4) is 0 Å². The fourth-order valence-electron chi connectivity index (χ4n) is 1.38. The molecule has 1 N–H and O–H groups in total. The van der Waals surface area contributed by atoms with Crippen LogP contribution in [-0.2, 0) is 14.3 Å². The van der Waals surface area contributed by atoms with Crippen LogP contribution >= 0.6 is 0 Å². The molecule has 0 aromatic carbocycles. The van der Waals surface area contributed by atoms with Crippen molar-refractivity contribution in [3.63, 3.8) is 0 Å². The minimum Gasteiger partial charge on any atom is -0.467 e. The van der Waals surface area contributed by atoms with E-state index in [0.29, 0.717) is 19.4 Å². The Hall–Kier alpha value is -1.04. The van der Waals surface area contributed by atoms with Crippen LogP contribution in [0.15, 0.2) is 0 Å². The fraction of sp³-hybridized carbons (Fsp3) is 0.818. The molecule has 0 unspecified atom stereocenters. The standard InChI is InChI=1S/C11H21NO4Si/c1-15-9(13)11(5-6-11)12-10(14)16-7-8-17(2,3)4/h5-8H2,1-4H3,(H,12,14). The van der Waals surface area contributed by atoms with E-state index in [4.69, 9.17) is 4.74 Å². The summed E-state index contributed by atoms with van der Waals surface area (Å²) in [7, 11) is 0.128. The number of ether oxygens (including phenoxy) is 2. The van der Waals surface area contributed by atoms with E-state index in [2.05, 4.69) is 29.7 Å². The molecule has 1 saturated carbocycles. The summed E-state index contributed by atoms with van der Waals surface area (Å²) in [6.45, 7) is 7.06. The molecule has 5 nitrogen and oxygen atoms in total. The van der Waals surface area contributed by atoms with Crippen LogP contribution in [0.25, 0.3) is 0 Å². The van der Waals surface area contributed by atoms with Gasteiger partial charge in [-0.25, -0.2) is 9.59 Å². The lowest BCUT2D eigenvalue weighted by molar-refractivity contribution is -0.144. The molecule has 1 amide bonds. The van der Waals surface area contributed by atoms with E-state index in [9.17, 15) is 9.59 Å². The normalized spacial score (nSPS) is 17.2. The molecule has 6 heteroatoms. The average Bonchev–Trinajstić information content (AvgIpc) is 2.95. The third kappa shape index (κ3) is 4.38. The first-order valence-electron chi connectivity index (χ1n) is 5.82. The van der Waals surface area contributed by atoms with Gasteiger partial charge in [-0.3, -0.25) is 0 Å². The van der Waals surface area contributed by atoms with Crippen LogP contribution in [0.2, 0.25) is 25.7 Å². The summed E-state index contributed by atoms with van der Waals surface area (Å²) >= 11 is 0. The Morgan fingerprint density at radius 1 is 1.29 bits per heavy atom. The van der Waals surface area contributed by atoms with Crippen molar-refractivity contribution < 1.29 is 19.1 Å². The second-order valence-corrected chi connectivity index (χ2v) is 11.3. The number of amides is 1. The Labute approximate surface area is 103 Å². The van der Waals surface area contributed by atoms with Gasteiger partial charge in [-0.05, 0) is 18.9 Å². The number of carbonyl (C=O) groups is 2. The molecule has 0 heterocycles. The highest BCUT2D eigenvalue weighted by Crippen LogP contribution is 2.36. The highest BCUT2D eigenvalue weighted by molar-refractivity contribution is 6.76. The van der Waals surface area contributed by atoms with E-state index < -0.39 is 19.7 Å². The smallest absolute Gasteiger partial charge is 0.408 e. The van der Waals surface area contributed by atoms with Crippen LogP contribution < -0.4 is 5.32 Å². The van der Waals surface area contributed by atoms with Gasteiger partial charge in [0.05, 0.1) is 13.7 Å². The van der Waals surface area contributed by atoms with Crippen LogP contribution in [-0.4, -0.2) is 39.4 Å². The van der Waals surface area contributed by atoms with Crippen LogP contribution in [0.4, 0.5) is 4.79 Å². The van der Waals surface area contributed by atoms with Crippen molar-refractivity contribution in [2.45, 2.75) is 44.1 Å². The molecule has 0 atom stereocenters. The number of carbonyl (C=O) groups excluding carboxylic acids is 2. The second-order valence-electron chi connectivity index (χ2n) is 5.65. The van der Waals surface area contributed by atoms with Gasteiger partial charge >= 0.3 is 12.1 Å². The van der Waals surface area contributed by atoms with Crippen molar-refractivity contribution in [1.29, 1.82) is 0 Å². The third-order valence-corrected chi connectivity index (χ3v) is 4.46. The van der Waals surface area contributed by atoms with Gasteiger partial charge in [0, 0.05) is 8.07 Å². The topological polar surface area (TPSA) is 64.6 Å². The summed E-state index contributed by atoms with van der Waals surface area (Å²) < 4.78 is 9.70. The van der Waals surface area contributed by atoms with Gasteiger partial charge in [0.2, 0.25) is 0 Å². The lowest BCUT2D eigenvalue weighted by Crippen LogP contribution is -2.44. The maximum atomic E-state index is 11.5. The first-order valence-corrected chi connectivity index (χ1v) is 9.53. The Morgan fingerprint density at radius 3 is 2.29 bits per heavy atom. The number of esters is 1. The third-order valence-electron chi connectivity index (χ3n) is 2.75. The molecule has 0 radical (unpaired) electrons. The zero-order chi connectivity index (χ0) is 13.1. The monoisotopic (exact) mass is 259 g/mol. The molecular formula is C11H21NO4Si. The molecule has 17 heavy (non-hydrogen) atoms. The number of rotatable bonds is 5. The van der Waals surface area contributed by atoms with Gasteiger partial charge in [-0.1, -0.05) is 19.6 Å². The molecule has 1 aliphatic rings. The largest absolute Gasteiger partial charge is 0.467 e. The van der Waals surface area contributed by atoms with Crippen LogP contribution in [0, 0.1) is 0 Å². The zero-order valence-corrected chi connectivity index (χ0v) is 12.0. The number of methoxy groups -OCH3 is 1. The summed E-state index contributed by atoms with van der Waals surface area (Å²) in [6.07, 6.45) is 0.733. The van der Waals surface area contributed by atoms with Gasteiger partial charge in [0.15, 0.2) is 0 Å². The van der Waals surface area contributed by atoms with E-state index in [-0.39, 0.29) is 5.97 Å². The van der Waals surface area contributed by atoms with Gasteiger partial charge < -0.3 is 14.8 Å². The van der Waals surface area contributed by atoms with Crippen molar-refractivity contribution in [2.75, 3.05) is 13.7 Å². The van der Waals surface area contributed by atoms with Gasteiger partial charge in [0.25, 0.3) is 0 Å². The SMILES string of the molecule is COC(=O)C1(NC(=O)OCC[Si](C)(C)C)CC1. The summed E-state index contributed by atoms with van der Waals surface area (Å²) in [5.41, 5.74) is -0.814. The first kappa shape index (κ1) is 14.0. The van der Waals surface area contributed by atoms with Crippen LogP contribution in [0.3, 0.4) is 0 Å². The van der Waals surface area contributed by atoms with Crippen molar-refractivity contribution >= 4 is 20.1 Å². The van der Waals surface area contributed by atoms with E-state index in [1.54, 1.807) is 0 Å². The molecule has 1 aliphatic carbocycles. The van der Waals surface area contributed by atoms with Crippen molar-refractivity contribution in [2.24, 2.45) is 0 Å². The van der Waals surface area contributed by atoms with Gasteiger partial charge in [0.1, 0.15) is 5.54 Å². The van der Waals surface area contributed by atoms with Crippen molar-refractivity contribution in [1.82, 2.24) is 5.32 Å². The summed E-state index contributed by atoms with van der Waals surface area (Å²) in [6, 6.07) is 0.922. The van der Waals surface area contributed by atoms with Gasteiger partial charge in [-0.15, -0.1) is 0 Å². The summed E-state index contributed by atoms with van der Waals surface area (Å²) in [5.74, 6) is -0.389. The maximum absolute atomic E-state index is 11.5. The number of hydrogen-bond donors (Lipinski definition) is 1. The molecular weight excluding hydrogens is 238 g/mol. The first-order chi connectivity index (χ1) is 7.79. The summed E-state index contributed by atoms with van der Waals surface area (Å²) in [4.78, 5) is 22.9. The predicted molar refractivity (Wildman–Crippen MR) is 66.6 cm³/mol. The Morgan fingerprint density at radius 2 is 1.88 bits per heavy atom. The predicted octanol–water partition coefficient (Wildman–Crippen LogP) is 1.76. The summed E-state index contributed by atoms with van der Waals surface area (Å²) in [5, 5.41) is 2.58. The highest BCUT2D eigenvalue weighted by Gasteiger charge is 2.52. The Balaban J connectivity index is 2.29. The number of alkyl carbamates (subject to hydrolysis) is 1. The van der Waals surface area contributed by atoms with Crippen LogP contribution in [0.5, 0.6) is 0 Å². The number of nitrogens with one attached hydrogen (secondary N) is 1. The molecule has 0 aromatic heterocycles. The van der Waals surface area contributed by atoms with E-state index in [0.717, 1.165) is 6.04 Å². The zero-order valence-electron chi connectivity index (χ0n) is 11.0. The van der Waals surface area contributed by atoms with E-state index in [1.165, 1.54) is 7.11 Å². The number of hydrogen-bond acceptors (Lipinski definition) is 4. The highest BCUT2D eigenvalue weighted by atomic mass is 28.3. The minimum absolute atomic E-state index is 0.389. The maximum Gasteiger partial charge on any atom is 0.408 e. The van der Waals surface area contributed by atoms with Crippen molar-refractivity contribution in [3.05, 3.63) is 0 Å². The lowest BCUT2D eigenvalue weighted by Gasteiger charge is -2.17. The molecule has 98 valence electrons.